The minimum atomic E-state index is 1.20. The van der Waals surface area contributed by atoms with Gasteiger partial charge in [-0.3, -0.25) is 0 Å². The number of fused-ring (bicyclic) bond motifs is 8. The van der Waals surface area contributed by atoms with Crippen LogP contribution in [0.25, 0.3) is 79.3 Å². The van der Waals surface area contributed by atoms with Gasteiger partial charge in [-0.15, -0.1) is 22.7 Å². The molecule has 9 rings (SSSR count). The van der Waals surface area contributed by atoms with Gasteiger partial charge in [0.15, 0.2) is 0 Å². The predicted molar refractivity (Wildman–Crippen MR) is 180 cm³/mol. The SMILES string of the molecule is c1ccc(-n2c3ccccc3c3sc4ccc(-c5ccc(-c6cccc7sc8ccccc8c67)cc5)cc4c32)cc1. The van der Waals surface area contributed by atoms with E-state index in [1.165, 1.54) is 79.3 Å². The molecule has 0 saturated heterocycles. The van der Waals surface area contributed by atoms with E-state index in [-0.39, 0.29) is 0 Å². The molecular weight excluding hydrogens is 535 g/mol. The Morgan fingerprint density at radius 2 is 1.12 bits per heavy atom. The molecule has 0 aliphatic heterocycles. The number of nitrogens with zero attached hydrogens (tertiary/aromatic N) is 1. The van der Waals surface area contributed by atoms with E-state index in [4.69, 9.17) is 0 Å². The van der Waals surface area contributed by atoms with Crippen LogP contribution in [0, 0.1) is 0 Å². The molecule has 0 N–H and O–H groups in total. The molecule has 0 fully saturated rings. The largest absolute Gasteiger partial charge is 0.308 e. The van der Waals surface area contributed by atoms with Gasteiger partial charge in [0.05, 0.1) is 15.7 Å². The lowest BCUT2D eigenvalue weighted by Crippen LogP contribution is -1.92. The molecule has 0 unspecified atom stereocenters. The van der Waals surface area contributed by atoms with Crippen molar-refractivity contribution in [3.63, 3.8) is 0 Å². The van der Waals surface area contributed by atoms with Gasteiger partial charge in [0.1, 0.15) is 0 Å². The minimum absolute atomic E-state index is 1.20. The Bertz CT molecular complexity index is 2400. The highest BCUT2D eigenvalue weighted by Gasteiger charge is 2.18. The first-order chi connectivity index (χ1) is 20.3. The molecule has 0 saturated carbocycles. The number of hydrogen-bond acceptors (Lipinski definition) is 2. The van der Waals surface area contributed by atoms with E-state index in [1.54, 1.807) is 0 Å². The molecule has 192 valence electrons. The maximum atomic E-state index is 2.43. The van der Waals surface area contributed by atoms with Crippen LogP contribution in [0.1, 0.15) is 0 Å². The van der Waals surface area contributed by atoms with Gasteiger partial charge in [-0.2, -0.15) is 0 Å². The molecule has 3 heterocycles. The van der Waals surface area contributed by atoms with E-state index in [1.807, 2.05) is 22.7 Å². The van der Waals surface area contributed by atoms with Crippen molar-refractivity contribution in [3.8, 4) is 27.9 Å². The third-order valence-electron chi connectivity index (χ3n) is 8.22. The van der Waals surface area contributed by atoms with E-state index in [0.717, 1.165) is 0 Å². The van der Waals surface area contributed by atoms with Crippen LogP contribution in [0.4, 0.5) is 0 Å². The Morgan fingerprint density at radius 1 is 0.439 bits per heavy atom. The highest BCUT2D eigenvalue weighted by Crippen LogP contribution is 2.44. The van der Waals surface area contributed by atoms with Crippen LogP contribution in [0.5, 0.6) is 0 Å². The molecular formula is C38H23NS2. The molecule has 6 aromatic carbocycles. The molecule has 0 radical (unpaired) electrons. The highest BCUT2D eigenvalue weighted by molar-refractivity contribution is 7.27. The van der Waals surface area contributed by atoms with Crippen LogP contribution in [-0.4, -0.2) is 4.57 Å². The number of aromatic nitrogens is 1. The summed E-state index contributed by atoms with van der Waals surface area (Å²) < 4.78 is 7.79. The third kappa shape index (κ3) is 3.46. The lowest BCUT2D eigenvalue weighted by atomic mass is 9.96. The maximum Gasteiger partial charge on any atom is 0.0727 e. The summed E-state index contributed by atoms with van der Waals surface area (Å²) in [6.07, 6.45) is 0. The molecule has 3 heteroatoms. The number of rotatable bonds is 3. The second kappa shape index (κ2) is 8.90. The summed E-state index contributed by atoms with van der Waals surface area (Å²) in [5.74, 6) is 0. The van der Waals surface area contributed by atoms with Gasteiger partial charge in [-0.1, -0.05) is 97.1 Å². The van der Waals surface area contributed by atoms with Crippen LogP contribution in [0.3, 0.4) is 0 Å². The molecule has 1 nitrogen and oxygen atoms in total. The fraction of sp³-hybridized carbons (Fsp3) is 0. The van der Waals surface area contributed by atoms with Crippen molar-refractivity contribution in [2.45, 2.75) is 0 Å². The van der Waals surface area contributed by atoms with Crippen LogP contribution in [0.2, 0.25) is 0 Å². The van der Waals surface area contributed by atoms with Crippen molar-refractivity contribution in [3.05, 3.63) is 140 Å². The van der Waals surface area contributed by atoms with E-state index in [9.17, 15) is 0 Å². The van der Waals surface area contributed by atoms with Crippen molar-refractivity contribution in [2.24, 2.45) is 0 Å². The summed E-state index contributed by atoms with van der Waals surface area (Å²) in [5, 5.41) is 5.32. The van der Waals surface area contributed by atoms with E-state index in [2.05, 4.69) is 144 Å². The summed E-state index contributed by atoms with van der Waals surface area (Å²) in [7, 11) is 0. The van der Waals surface area contributed by atoms with Gasteiger partial charge >= 0.3 is 0 Å². The smallest absolute Gasteiger partial charge is 0.0727 e. The second-order valence-electron chi connectivity index (χ2n) is 10.5. The van der Waals surface area contributed by atoms with Gasteiger partial charge in [0.2, 0.25) is 0 Å². The number of hydrogen-bond donors (Lipinski definition) is 0. The highest BCUT2D eigenvalue weighted by atomic mass is 32.1. The zero-order chi connectivity index (χ0) is 26.9. The quantitative estimate of drug-likeness (QED) is 0.204. The lowest BCUT2D eigenvalue weighted by Gasteiger charge is -2.09. The first-order valence-corrected chi connectivity index (χ1v) is 15.5. The van der Waals surface area contributed by atoms with Gasteiger partial charge in [0.25, 0.3) is 0 Å². The van der Waals surface area contributed by atoms with Crippen molar-refractivity contribution in [1.29, 1.82) is 0 Å². The van der Waals surface area contributed by atoms with Gasteiger partial charge < -0.3 is 4.57 Å². The minimum Gasteiger partial charge on any atom is -0.308 e. The summed E-state index contributed by atoms with van der Waals surface area (Å²) >= 11 is 3.77. The van der Waals surface area contributed by atoms with Gasteiger partial charge in [0, 0.05) is 41.3 Å². The lowest BCUT2D eigenvalue weighted by molar-refractivity contribution is 1.19. The zero-order valence-corrected chi connectivity index (χ0v) is 23.7. The van der Waals surface area contributed by atoms with Crippen molar-refractivity contribution < 1.29 is 0 Å². The molecule has 0 spiro atoms. The summed E-state index contributed by atoms with van der Waals surface area (Å²) in [6, 6.07) is 51.0. The second-order valence-corrected chi connectivity index (χ2v) is 12.7. The first kappa shape index (κ1) is 23.0. The van der Waals surface area contributed by atoms with Gasteiger partial charge in [-0.05, 0) is 64.7 Å². The number of para-hydroxylation sites is 2. The van der Waals surface area contributed by atoms with Gasteiger partial charge in [-0.25, -0.2) is 0 Å². The molecule has 0 aliphatic carbocycles. The van der Waals surface area contributed by atoms with E-state index in [0.29, 0.717) is 0 Å². The Kier molecular flexibility index (Phi) is 5.00. The number of benzene rings is 6. The Morgan fingerprint density at radius 3 is 2.00 bits per heavy atom. The van der Waals surface area contributed by atoms with Crippen LogP contribution in [-0.2, 0) is 0 Å². The summed E-state index contributed by atoms with van der Waals surface area (Å²) in [4.78, 5) is 0. The Balaban J connectivity index is 1.21. The predicted octanol–water partition coefficient (Wildman–Crippen LogP) is 11.7. The number of thiophene rings is 2. The normalized spacial score (nSPS) is 11.9. The molecule has 0 aliphatic rings. The van der Waals surface area contributed by atoms with Crippen molar-refractivity contribution in [2.75, 3.05) is 0 Å². The molecule has 0 bridgehead atoms. The van der Waals surface area contributed by atoms with Crippen molar-refractivity contribution in [1.82, 2.24) is 4.57 Å². The standard InChI is InChI=1S/C38H23NS2/c1-2-9-27(10-3-1)39-32-14-6-4-11-29(32)38-37(39)31-23-26(21-22-34(31)41-38)24-17-19-25(20-18-24)28-13-8-16-35-36(28)30-12-5-7-15-33(30)40-35/h1-23H. The summed E-state index contributed by atoms with van der Waals surface area (Å²) in [6.45, 7) is 0. The maximum absolute atomic E-state index is 2.43. The van der Waals surface area contributed by atoms with E-state index >= 15 is 0 Å². The van der Waals surface area contributed by atoms with E-state index < -0.39 is 0 Å². The average molecular weight is 558 g/mol. The average Bonchev–Trinajstić information content (AvgIpc) is 3.70. The molecule has 3 aromatic heterocycles. The Hall–Kier alpha value is -4.70. The monoisotopic (exact) mass is 557 g/mol. The Labute approximate surface area is 245 Å². The molecule has 41 heavy (non-hydrogen) atoms. The topological polar surface area (TPSA) is 4.93 Å². The fourth-order valence-corrected chi connectivity index (χ4v) is 8.69. The summed E-state index contributed by atoms with van der Waals surface area (Å²) in [5.41, 5.74) is 8.79. The van der Waals surface area contributed by atoms with Crippen LogP contribution >= 0.6 is 22.7 Å². The molecule has 0 atom stereocenters. The van der Waals surface area contributed by atoms with Crippen molar-refractivity contribution >= 4 is 74.1 Å². The molecule has 9 aromatic rings. The van der Waals surface area contributed by atoms with Crippen LogP contribution < -0.4 is 0 Å². The fourth-order valence-electron chi connectivity index (χ4n) is 6.35. The third-order valence-corrected chi connectivity index (χ3v) is 10.6. The van der Waals surface area contributed by atoms with Crippen LogP contribution in [0.15, 0.2) is 140 Å². The zero-order valence-electron chi connectivity index (χ0n) is 22.0. The molecule has 0 amide bonds. The first-order valence-electron chi connectivity index (χ1n) is 13.9.